The van der Waals surface area contributed by atoms with Gasteiger partial charge in [0.1, 0.15) is 0 Å². The summed E-state index contributed by atoms with van der Waals surface area (Å²) < 4.78 is 16.2. The highest BCUT2D eigenvalue weighted by atomic mass is 16.5. The fourth-order valence-corrected chi connectivity index (χ4v) is 2.89. The Labute approximate surface area is 142 Å². The molecule has 1 aliphatic heterocycles. The van der Waals surface area contributed by atoms with Gasteiger partial charge in [0.15, 0.2) is 17.3 Å². The van der Waals surface area contributed by atoms with Crippen LogP contribution in [0.25, 0.3) is 0 Å². The van der Waals surface area contributed by atoms with Crippen LogP contribution in [-0.2, 0) is 24.9 Å². The maximum Gasteiger partial charge on any atom is 0.240 e. The van der Waals surface area contributed by atoms with Gasteiger partial charge < -0.3 is 14.0 Å². The summed E-state index contributed by atoms with van der Waals surface area (Å²) in [6, 6.07) is 4.14. The van der Waals surface area contributed by atoms with Gasteiger partial charge in [0.25, 0.3) is 0 Å². The summed E-state index contributed by atoms with van der Waals surface area (Å²) in [7, 11) is 3.33. The van der Waals surface area contributed by atoms with Gasteiger partial charge in [-0.2, -0.15) is 4.98 Å². The van der Waals surface area contributed by atoms with Crippen molar-refractivity contribution in [1.82, 2.24) is 15.0 Å². The molecule has 0 N–H and O–H groups in total. The number of benzene rings is 1. The highest BCUT2D eigenvalue weighted by Crippen LogP contribution is 2.33. The van der Waals surface area contributed by atoms with Crippen LogP contribution < -0.4 is 9.47 Å². The predicted octanol–water partition coefficient (Wildman–Crippen LogP) is 2.94. The van der Waals surface area contributed by atoms with Gasteiger partial charge in [0, 0.05) is 18.5 Å². The Morgan fingerprint density at radius 2 is 1.79 bits per heavy atom. The molecule has 1 aromatic heterocycles. The van der Waals surface area contributed by atoms with Crippen LogP contribution in [0.15, 0.2) is 16.7 Å². The van der Waals surface area contributed by atoms with Crippen LogP contribution in [0.2, 0.25) is 0 Å². The van der Waals surface area contributed by atoms with E-state index in [9.17, 15) is 0 Å². The van der Waals surface area contributed by atoms with Crippen molar-refractivity contribution in [3.05, 3.63) is 35.0 Å². The lowest BCUT2D eigenvalue weighted by atomic mass is 9.96. The number of aromatic nitrogens is 2. The van der Waals surface area contributed by atoms with Crippen molar-refractivity contribution in [2.24, 2.45) is 0 Å². The molecular formula is C18H25N3O3. The van der Waals surface area contributed by atoms with E-state index in [1.54, 1.807) is 14.2 Å². The third-order valence-electron chi connectivity index (χ3n) is 4.29. The zero-order valence-corrected chi connectivity index (χ0v) is 15.0. The van der Waals surface area contributed by atoms with Crippen molar-refractivity contribution in [3.63, 3.8) is 0 Å². The first-order valence-corrected chi connectivity index (χ1v) is 8.20. The molecule has 0 aliphatic carbocycles. The van der Waals surface area contributed by atoms with E-state index in [0.29, 0.717) is 12.4 Å². The highest BCUT2D eigenvalue weighted by molar-refractivity contribution is 5.48. The Hall–Kier alpha value is -2.08. The average Bonchev–Trinajstić information content (AvgIpc) is 3.02. The summed E-state index contributed by atoms with van der Waals surface area (Å²) >= 11 is 0. The number of hydrogen-bond acceptors (Lipinski definition) is 6. The number of methoxy groups -OCH3 is 2. The Balaban J connectivity index is 1.74. The Morgan fingerprint density at radius 1 is 1.12 bits per heavy atom. The number of hydrogen-bond donors (Lipinski definition) is 0. The third kappa shape index (κ3) is 3.38. The van der Waals surface area contributed by atoms with Crippen LogP contribution in [0, 0.1) is 0 Å². The van der Waals surface area contributed by atoms with E-state index < -0.39 is 0 Å². The van der Waals surface area contributed by atoms with Gasteiger partial charge >= 0.3 is 0 Å². The number of rotatable bonds is 4. The molecule has 2 heterocycles. The van der Waals surface area contributed by atoms with Crippen LogP contribution in [0.4, 0.5) is 0 Å². The minimum Gasteiger partial charge on any atom is -0.493 e. The monoisotopic (exact) mass is 331 g/mol. The van der Waals surface area contributed by atoms with Gasteiger partial charge in [-0.1, -0.05) is 25.9 Å². The first-order chi connectivity index (χ1) is 11.4. The molecule has 0 fully saturated rings. The molecule has 0 amide bonds. The fraction of sp³-hybridized carbons (Fsp3) is 0.556. The van der Waals surface area contributed by atoms with E-state index >= 15 is 0 Å². The van der Waals surface area contributed by atoms with E-state index in [1.165, 1.54) is 11.1 Å². The van der Waals surface area contributed by atoms with Crippen molar-refractivity contribution in [2.45, 2.75) is 45.7 Å². The van der Waals surface area contributed by atoms with Gasteiger partial charge in [-0.3, -0.25) is 4.90 Å². The van der Waals surface area contributed by atoms with E-state index in [2.05, 4.69) is 47.9 Å². The average molecular weight is 331 g/mol. The summed E-state index contributed by atoms with van der Waals surface area (Å²) in [5.74, 6) is 2.98. The molecule has 6 nitrogen and oxygen atoms in total. The first kappa shape index (κ1) is 16.8. The van der Waals surface area contributed by atoms with Crippen molar-refractivity contribution in [1.29, 1.82) is 0 Å². The molecule has 0 radical (unpaired) electrons. The van der Waals surface area contributed by atoms with Crippen molar-refractivity contribution < 1.29 is 14.0 Å². The topological polar surface area (TPSA) is 60.6 Å². The second-order valence-corrected chi connectivity index (χ2v) is 7.20. The molecule has 3 rings (SSSR count). The van der Waals surface area contributed by atoms with Crippen LogP contribution in [0.3, 0.4) is 0 Å². The lowest BCUT2D eigenvalue weighted by molar-refractivity contribution is 0.209. The maximum atomic E-state index is 5.42. The summed E-state index contributed by atoms with van der Waals surface area (Å²) in [5.41, 5.74) is 2.47. The van der Waals surface area contributed by atoms with Crippen LogP contribution in [0.5, 0.6) is 11.5 Å². The van der Waals surface area contributed by atoms with E-state index in [4.69, 9.17) is 14.0 Å². The molecule has 2 aromatic rings. The lowest BCUT2D eigenvalue weighted by Crippen LogP contribution is -2.30. The van der Waals surface area contributed by atoms with Crippen molar-refractivity contribution in [3.8, 4) is 11.5 Å². The standard InChI is InChI=1S/C18H25N3O3/c1-18(2,3)17-19-16(24-20-17)11-21-7-6-12-8-14(22-4)15(23-5)9-13(12)10-21/h8-9H,6-7,10-11H2,1-5H3. The van der Waals surface area contributed by atoms with E-state index in [0.717, 1.165) is 36.8 Å². The van der Waals surface area contributed by atoms with Gasteiger partial charge in [-0.25, -0.2) is 0 Å². The second-order valence-electron chi connectivity index (χ2n) is 7.20. The lowest BCUT2D eigenvalue weighted by Gasteiger charge is -2.28. The number of ether oxygens (including phenoxy) is 2. The summed E-state index contributed by atoms with van der Waals surface area (Å²) in [5, 5.41) is 4.10. The molecule has 24 heavy (non-hydrogen) atoms. The first-order valence-electron chi connectivity index (χ1n) is 8.20. The smallest absolute Gasteiger partial charge is 0.240 e. The molecule has 0 spiro atoms. The number of fused-ring (bicyclic) bond motifs is 1. The third-order valence-corrected chi connectivity index (χ3v) is 4.29. The molecule has 1 aliphatic rings. The molecule has 6 heteroatoms. The summed E-state index contributed by atoms with van der Waals surface area (Å²) in [6.07, 6.45) is 0.968. The zero-order chi connectivity index (χ0) is 17.3. The largest absolute Gasteiger partial charge is 0.493 e. The molecule has 0 saturated carbocycles. The molecule has 0 bridgehead atoms. The van der Waals surface area contributed by atoms with Crippen LogP contribution >= 0.6 is 0 Å². The van der Waals surface area contributed by atoms with Gasteiger partial charge in [0.05, 0.1) is 20.8 Å². The molecule has 130 valence electrons. The number of nitrogens with zero attached hydrogens (tertiary/aromatic N) is 3. The second kappa shape index (κ2) is 6.43. The Morgan fingerprint density at radius 3 is 2.38 bits per heavy atom. The summed E-state index contributed by atoms with van der Waals surface area (Å²) in [4.78, 5) is 6.84. The fourth-order valence-electron chi connectivity index (χ4n) is 2.89. The normalized spacial score (nSPS) is 15.2. The minimum absolute atomic E-state index is 0.0971. The minimum atomic E-state index is -0.0971. The van der Waals surface area contributed by atoms with E-state index in [-0.39, 0.29) is 5.41 Å². The van der Waals surface area contributed by atoms with Gasteiger partial charge in [-0.05, 0) is 29.7 Å². The molecule has 1 aromatic carbocycles. The van der Waals surface area contributed by atoms with Crippen molar-refractivity contribution in [2.75, 3.05) is 20.8 Å². The SMILES string of the molecule is COc1cc2c(cc1OC)CN(Cc1nc(C(C)(C)C)no1)CC2. The molecule has 0 atom stereocenters. The highest BCUT2D eigenvalue weighted by Gasteiger charge is 2.24. The van der Waals surface area contributed by atoms with Gasteiger partial charge in [-0.15, -0.1) is 0 Å². The van der Waals surface area contributed by atoms with Crippen LogP contribution in [0.1, 0.15) is 43.6 Å². The van der Waals surface area contributed by atoms with Gasteiger partial charge in [0.2, 0.25) is 5.89 Å². The molecule has 0 saturated heterocycles. The zero-order valence-electron chi connectivity index (χ0n) is 15.0. The van der Waals surface area contributed by atoms with Crippen LogP contribution in [-0.4, -0.2) is 35.8 Å². The predicted molar refractivity (Wildman–Crippen MR) is 90.4 cm³/mol. The Bertz CT molecular complexity index is 719. The molecule has 0 unspecified atom stereocenters. The molecular weight excluding hydrogens is 306 g/mol. The van der Waals surface area contributed by atoms with Crippen molar-refractivity contribution >= 4 is 0 Å². The maximum absolute atomic E-state index is 5.42. The Kier molecular flexibility index (Phi) is 4.49. The van der Waals surface area contributed by atoms with E-state index in [1.807, 2.05) is 0 Å². The quantitative estimate of drug-likeness (QED) is 0.858. The summed E-state index contributed by atoms with van der Waals surface area (Å²) in [6.45, 7) is 8.70.